The summed E-state index contributed by atoms with van der Waals surface area (Å²) in [6.45, 7) is 2.67. The molecule has 2 aromatic heterocycles. The number of aryl methyl sites for hydroxylation is 1. The second kappa shape index (κ2) is 4.86. The van der Waals surface area contributed by atoms with Crippen LogP contribution in [0.2, 0.25) is 0 Å². The normalized spacial score (nSPS) is 11.1. The third-order valence-electron chi connectivity index (χ3n) is 3.44. The van der Waals surface area contributed by atoms with Crippen LogP contribution >= 0.6 is 0 Å². The smallest absolute Gasteiger partial charge is 0.141 e. The molecular formula is C16H17N3. The van der Waals surface area contributed by atoms with Gasteiger partial charge < -0.3 is 10.1 Å². The average molecular weight is 251 g/mol. The van der Waals surface area contributed by atoms with Gasteiger partial charge in [0, 0.05) is 30.1 Å². The predicted molar refractivity (Wildman–Crippen MR) is 77.9 cm³/mol. The van der Waals surface area contributed by atoms with Crippen molar-refractivity contribution in [1.29, 1.82) is 0 Å². The van der Waals surface area contributed by atoms with Crippen molar-refractivity contribution in [2.24, 2.45) is 5.73 Å². The predicted octanol–water partition coefficient (Wildman–Crippen LogP) is 3.02. The highest BCUT2D eigenvalue weighted by Crippen LogP contribution is 2.21. The molecule has 0 bridgehead atoms. The molecular weight excluding hydrogens is 234 g/mol. The van der Waals surface area contributed by atoms with E-state index in [1.807, 2.05) is 22.7 Å². The van der Waals surface area contributed by atoms with E-state index in [-0.39, 0.29) is 0 Å². The van der Waals surface area contributed by atoms with Gasteiger partial charge in [0.2, 0.25) is 0 Å². The number of nitrogens with zero attached hydrogens (tertiary/aromatic N) is 2. The number of imidazole rings is 1. The second-order valence-corrected chi connectivity index (χ2v) is 4.65. The lowest BCUT2D eigenvalue weighted by molar-refractivity contribution is 1.04. The summed E-state index contributed by atoms with van der Waals surface area (Å²) in [6.07, 6.45) is 5.11. The summed E-state index contributed by atoms with van der Waals surface area (Å²) in [5.74, 6) is 0. The summed E-state index contributed by atoms with van der Waals surface area (Å²) in [6, 6.07) is 12.6. The van der Waals surface area contributed by atoms with E-state index in [2.05, 4.69) is 37.4 Å². The summed E-state index contributed by atoms with van der Waals surface area (Å²) < 4.78 is 2.03. The quantitative estimate of drug-likeness (QED) is 0.777. The van der Waals surface area contributed by atoms with Crippen molar-refractivity contribution in [2.45, 2.75) is 19.9 Å². The van der Waals surface area contributed by atoms with Crippen LogP contribution in [0, 0.1) is 0 Å². The molecule has 0 aliphatic carbocycles. The lowest BCUT2D eigenvalue weighted by Gasteiger charge is -1.98. The lowest BCUT2D eigenvalue weighted by Crippen LogP contribution is -1.99. The van der Waals surface area contributed by atoms with E-state index in [9.17, 15) is 0 Å². The van der Waals surface area contributed by atoms with Crippen molar-refractivity contribution < 1.29 is 0 Å². The van der Waals surface area contributed by atoms with E-state index in [0.29, 0.717) is 6.54 Å². The zero-order valence-corrected chi connectivity index (χ0v) is 11.0. The number of hydrogen-bond acceptors (Lipinski definition) is 2. The number of benzene rings is 1. The molecule has 0 aliphatic heterocycles. The Bertz CT molecular complexity index is 696. The molecule has 3 rings (SSSR count). The maximum atomic E-state index is 5.75. The zero-order valence-electron chi connectivity index (χ0n) is 11.0. The third-order valence-corrected chi connectivity index (χ3v) is 3.44. The van der Waals surface area contributed by atoms with Crippen molar-refractivity contribution in [3.05, 3.63) is 59.9 Å². The Morgan fingerprint density at radius 1 is 1.16 bits per heavy atom. The summed E-state index contributed by atoms with van der Waals surface area (Å²) in [5, 5.41) is 0. The fraction of sp³-hybridized carbons (Fsp3) is 0.188. The van der Waals surface area contributed by atoms with Crippen molar-refractivity contribution in [3.63, 3.8) is 0 Å². The van der Waals surface area contributed by atoms with Crippen LogP contribution in [-0.2, 0) is 13.0 Å². The minimum atomic E-state index is 0.509. The van der Waals surface area contributed by atoms with E-state index >= 15 is 0 Å². The second-order valence-electron chi connectivity index (χ2n) is 4.65. The van der Waals surface area contributed by atoms with Gasteiger partial charge in [0.1, 0.15) is 5.65 Å². The molecule has 2 N–H and O–H groups in total. The Kier molecular flexibility index (Phi) is 3.05. The van der Waals surface area contributed by atoms with Crippen LogP contribution in [0.3, 0.4) is 0 Å². The van der Waals surface area contributed by atoms with Crippen LogP contribution in [0.5, 0.6) is 0 Å². The van der Waals surface area contributed by atoms with Crippen molar-refractivity contribution in [2.75, 3.05) is 0 Å². The molecule has 0 fully saturated rings. The minimum absolute atomic E-state index is 0.509. The lowest BCUT2D eigenvalue weighted by atomic mass is 10.1. The number of rotatable bonds is 3. The molecule has 2 heterocycles. The van der Waals surface area contributed by atoms with Crippen LogP contribution in [-0.4, -0.2) is 9.38 Å². The molecule has 19 heavy (non-hydrogen) atoms. The van der Waals surface area contributed by atoms with Gasteiger partial charge in [-0.05, 0) is 18.1 Å². The third kappa shape index (κ3) is 2.13. The van der Waals surface area contributed by atoms with Crippen molar-refractivity contribution in [1.82, 2.24) is 9.38 Å². The summed E-state index contributed by atoms with van der Waals surface area (Å²) >= 11 is 0. The maximum Gasteiger partial charge on any atom is 0.141 e. The van der Waals surface area contributed by atoms with Gasteiger partial charge in [0.25, 0.3) is 0 Å². The van der Waals surface area contributed by atoms with Gasteiger partial charge in [-0.1, -0.05) is 37.3 Å². The number of nitrogens with two attached hydrogens (primary N) is 1. The number of hydrogen-bond donors (Lipinski definition) is 1. The van der Waals surface area contributed by atoms with Gasteiger partial charge in [-0.2, -0.15) is 0 Å². The molecule has 96 valence electrons. The highest BCUT2D eigenvalue weighted by molar-refractivity contribution is 5.64. The fourth-order valence-corrected chi connectivity index (χ4v) is 2.28. The first-order valence-corrected chi connectivity index (χ1v) is 6.58. The van der Waals surface area contributed by atoms with Crippen LogP contribution in [0.1, 0.15) is 18.1 Å². The van der Waals surface area contributed by atoms with Gasteiger partial charge in [-0.15, -0.1) is 0 Å². The average Bonchev–Trinajstić information content (AvgIpc) is 2.91. The zero-order chi connectivity index (χ0) is 13.2. The van der Waals surface area contributed by atoms with Gasteiger partial charge in [-0.3, -0.25) is 0 Å². The van der Waals surface area contributed by atoms with Gasteiger partial charge >= 0.3 is 0 Å². The molecule has 0 spiro atoms. The van der Waals surface area contributed by atoms with E-state index in [4.69, 9.17) is 10.7 Å². The number of pyridine rings is 1. The van der Waals surface area contributed by atoms with Crippen molar-refractivity contribution >= 4 is 5.65 Å². The first-order chi connectivity index (χ1) is 9.31. The Morgan fingerprint density at radius 3 is 2.63 bits per heavy atom. The Labute approximate surface area is 112 Å². The summed E-state index contributed by atoms with van der Waals surface area (Å²) in [5.41, 5.74) is 11.2. The summed E-state index contributed by atoms with van der Waals surface area (Å²) in [4.78, 5) is 4.69. The van der Waals surface area contributed by atoms with Crippen LogP contribution < -0.4 is 5.73 Å². The molecule has 0 atom stereocenters. The molecule has 3 nitrogen and oxygen atoms in total. The molecule has 0 unspecified atom stereocenters. The Balaban J connectivity index is 2.09. The first-order valence-electron chi connectivity index (χ1n) is 6.58. The molecule has 0 amide bonds. The highest BCUT2D eigenvalue weighted by atomic mass is 15.0. The highest BCUT2D eigenvalue weighted by Gasteiger charge is 2.06. The van der Waals surface area contributed by atoms with E-state index in [1.165, 1.54) is 5.56 Å². The topological polar surface area (TPSA) is 43.3 Å². The molecule has 0 saturated carbocycles. The standard InChI is InChI=1S/C16H17N3/c1-2-12-5-7-13(8-6-12)15-11-19-9-3-4-14(10-17)16(19)18-15/h3-9,11H,2,10,17H2,1H3. The largest absolute Gasteiger partial charge is 0.326 e. The monoisotopic (exact) mass is 251 g/mol. The fourth-order valence-electron chi connectivity index (χ4n) is 2.28. The minimum Gasteiger partial charge on any atom is -0.326 e. The molecule has 1 aromatic carbocycles. The summed E-state index contributed by atoms with van der Waals surface area (Å²) in [7, 11) is 0. The first kappa shape index (κ1) is 11.9. The van der Waals surface area contributed by atoms with Crippen LogP contribution in [0.15, 0.2) is 48.8 Å². The molecule has 0 radical (unpaired) electrons. The Hall–Kier alpha value is -2.13. The van der Waals surface area contributed by atoms with Gasteiger partial charge in [0.15, 0.2) is 0 Å². The SMILES string of the molecule is CCc1ccc(-c2cn3cccc(CN)c3n2)cc1. The maximum absolute atomic E-state index is 5.75. The Morgan fingerprint density at radius 2 is 1.95 bits per heavy atom. The van der Waals surface area contributed by atoms with Gasteiger partial charge in [0.05, 0.1) is 5.69 Å². The molecule has 3 aromatic rings. The van der Waals surface area contributed by atoms with E-state index in [1.54, 1.807) is 0 Å². The molecule has 3 heteroatoms. The van der Waals surface area contributed by atoms with E-state index in [0.717, 1.165) is 28.9 Å². The van der Waals surface area contributed by atoms with Crippen LogP contribution in [0.4, 0.5) is 0 Å². The number of aromatic nitrogens is 2. The van der Waals surface area contributed by atoms with Crippen molar-refractivity contribution in [3.8, 4) is 11.3 Å². The van der Waals surface area contributed by atoms with Gasteiger partial charge in [-0.25, -0.2) is 4.98 Å². The van der Waals surface area contributed by atoms with Crippen LogP contribution in [0.25, 0.3) is 16.9 Å². The molecule has 0 aliphatic rings. The van der Waals surface area contributed by atoms with E-state index < -0.39 is 0 Å². The number of fused-ring (bicyclic) bond motifs is 1. The molecule has 0 saturated heterocycles.